The second kappa shape index (κ2) is 6.62. The zero-order chi connectivity index (χ0) is 16.4. The van der Waals surface area contributed by atoms with Crippen molar-refractivity contribution in [2.45, 2.75) is 33.4 Å². The van der Waals surface area contributed by atoms with Gasteiger partial charge in [0.25, 0.3) is 0 Å². The summed E-state index contributed by atoms with van der Waals surface area (Å²) in [4.78, 5) is 0. The van der Waals surface area contributed by atoms with Crippen LogP contribution in [0.2, 0.25) is 0 Å². The summed E-state index contributed by atoms with van der Waals surface area (Å²) in [5.74, 6) is 2.61. The fourth-order valence-corrected chi connectivity index (χ4v) is 3.17. The van der Waals surface area contributed by atoms with Crippen LogP contribution in [-0.2, 0) is 6.54 Å². The SMILES string of the molecule is COc1ccc(C)cc1[C@@H](C)NC[C@H]1CNc2cc(C)nn2C1. The first-order valence-electron chi connectivity index (χ1n) is 8.23. The van der Waals surface area contributed by atoms with E-state index in [4.69, 9.17) is 4.74 Å². The number of methoxy groups -OCH3 is 1. The van der Waals surface area contributed by atoms with Crippen LogP contribution in [-0.4, -0.2) is 30.0 Å². The molecule has 1 aliphatic heterocycles. The molecule has 0 saturated carbocycles. The van der Waals surface area contributed by atoms with E-state index in [1.54, 1.807) is 7.11 Å². The summed E-state index contributed by atoms with van der Waals surface area (Å²) in [7, 11) is 1.73. The number of anilines is 1. The van der Waals surface area contributed by atoms with Crippen molar-refractivity contribution in [2.75, 3.05) is 25.5 Å². The molecule has 1 aromatic carbocycles. The lowest BCUT2D eigenvalue weighted by Gasteiger charge is -2.27. The van der Waals surface area contributed by atoms with E-state index in [9.17, 15) is 0 Å². The molecule has 2 aromatic rings. The molecule has 0 radical (unpaired) electrons. The summed E-state index contributed by atoms with van der Waals surface area (Å²) < 4.78 is 7.57. The molecule has 1 aliphatic rings. The average molecular weight is 314 g/mol. The second-order valence-corrected chi connectivity index (χ2v) is 6.48. The number of hydrogen-bond donors (Lipinski definition) is 2. The molecule has 23 heavy (non-hydrogen) atoms. The van der Waals surface area contributed by atoms with Gasteiger partial charge in [-0.3, -0.25) is 0 Å². The minimum atomic E-state index is 0.255. The summed E-state index contributed by atoms with van der Waals surface area (Å²) in [6, 6.07) is 8.69. The molecule has 3 rings (SSSR count). The molecule has 0 unspecified atom stereocenters. The quantitative estimate of drug-likeness (QED) is 0.891. The van der Waals surface area contributed by atoms with Gasteiger partial charge < -0.3 is 15.4 Å². The number of benzene rings is 1. The van der Waals surface area contributed by atoms with Crippen LogP contribution in [0, 0.1) is 19.8 Å². The minimum absolute atomic E-state index is 0.255. The Labute approximate surface area is 138 Å². The Morgan fingerprint density at radius 3 is 3.00 bits per heavy atom. The smallest absolute Gasteiger partial charge is 0.124 e. The molecule has 0 bridgehead atoms. The van der Waals surface area contributed by atoms with E-state index in [0.717, 1.165) is 36.9 Å². The van der Waals surface area contributed by atoms with Crippen molar-refractivity contribution in [3.05, 3.63) is 41.1 Å². The van der Waals surface area contributed by atoms with Crippen molar-refractivity contribution >= 4 is 5.82 Å². The van der Waals surface area contributed by atoms with Gasteiger partial charge in [0.1, 0.15) is 11.6 Å². The van der Waals surface area contributed by atoms with Crippen molar-refractivity contribution in [3.63, 3.8) is 0 Å². The molecule has 1 aromatic heterocycles. The van der Waals surface area contributed by atoms with Crippen molar-refractivity contribution in [1.29, 1.82) is 0 Å². The van der Waals surface area contributed by atoms with Gasteiger partial charge >= 0.3 is 0 Å². The number of aromatic nitrogens is 2. The highest BCUT2D eigenvalue weighted by Crippen LogP contribution is 2.26. The molecule has 5 heteroatoms. The van der Waals surface area contributed by atoms with Crippen molar-refractivity contribution < 1.29 is 4.74 Å². The lowest BCUT2D eigenvalue weighted by molar-refractivity contribution is 0.367. The first-order chi connectivity index (χ1) is 11.1. The summed E-state index contributed by atoms with van der Waals surface area (Å²) in [5, 5.41) is 11.6. The number of hydrogen-bond acceptors (Lipinski definition) is 4. The van der Waals surface area contributed by atoms with Gasteiger partial charge in [0.2, 0.25) is 0 Å². The Balaban J connectivity index is 1.61. The maximum atomic E-state index is 5.50. The highest BCUT2D eigenvalue weighted by molar-refractivity contribution is 5.39. The average Bonchev–Trinajstić information content (AvgIpc) is 2.91. The molecule has 2 N–H and O–H groups in total. The summed E-state index contributed by atoms with van der Waals surface area (Å²) in [6.07, 6.45) is 0. The Kier molecular flexibility index (Phi) is 4.57. The number of nitrogens with one attached hydrogen (secondary N) is 2. The van der Waals surface area contributed by atoms with Crippen LogP contribution < -0.4 is 15.4 Å². The van der Waals surface area contributed by atoms with E-state index in [2.05, 4.69) is 52.5 Å². The largest absolute Gasteiger partial charge is 0.496 e. The van der Waals surface area contributed by atoms with Crippen LogP contribution in [0.1, 0.15) is 29.8 Å². The van der Waals surface area contributed by atoms with E-state index in [1.165, 1.54) is 11.1 Å². The van der Waals surface area contributed by atoms with E-state index in [-0.39, 0.29) is 6.04 Å². The highest BCUT2D eigenvalue weighted by atomic mass is 16.5. The molecule has 0 saturated heterocycles. The molecule has 0 amide bonds. The van der Waals surface area contributed by atoms with Crippen LogP contribution in [0.15, 0.2) is 24.3 Å². The molecule has 0 fully saturated rings. The Morgan fingerprint density at radius 1 is 1.39 bits per heavy atom. The fraction of sp³-hybridized carbons (Fsp3) is 0.500. The standard InChI is InChI=1S/C18H26N4O/c1-12-5-6-17(23-4)16(7-12)14(3)19-9-15-10-20-18-8-13(2)21-22(18)11-15/h5-8,14-15,19-20H,9-11H2,1-4H3/t14-,15+/m1/s1. The first-order valence-corrected chi connectivity index (χ1v) is 8.23. The number of fused-ring (bicyclic) bond motifs is 1. The monoisotopic (exact) mass is 314 g/mol. The van der Waals surface area contributed by atoms with Gasteiger partial charge in [-0.2, -0.15) is 5.10 Å². The van der Waals surface area contributed by atoms with Crippen LogP contribution >= 0.6 is 0 Å². The molecular formula is C18H26N4O. The number of aryl methyl sites for hydroxylation is 2. The first kappa shape index (κ1) is 15.9. The zero-order valence-electron chi connectivity index (χ0n) is 14.4. The molecular weight excluding hydrogens is 288 g/mol. The molecule has 2 atom stereocenters. The summed E-state index contributed by atoms with van der Waals surface area (Å²) in [5.41, 5.74) is 3.54. The van der Waals surface area contributed by atoms with Gasteiger partial charge in [-0.05, 0) is 26.8 Å². The highest BCUT2D eigenvalue weighted by Gasteiger charge is 2.20. The maximum absolute atomic E-state index is 5.50. The molecule has 2 heterocycles. The van der Waals surface area contributed by atoms with E-state index >= 15 is 0 Å². The van der Waals surface area contributed by atoms with Crippen LogP contribution in [0.3, 0.4) is 0 Å². The maximum Gasteiger partial charge on any atom is 0.124 e. The van der Waals surface area contributed by atoms with Gasteiger partial charge in [0.05, 0.1) is 12.8 Å². The Bertz CT molecular complexity index is 680. The normalized spacial score (nSPS) is 18.2. The Hall–Kier alpha value is -2.01. The lowest BCUT2D eigenvalue weighted by atomic mass is 10.0. The van der Waals surface area contributed by atoms with Gasteiger partial charge in [-0.25, -0.2) is 4.68 Å². The van der Waals surface area contributed by atoms with E-state index < -0.39 is 0 Å². The number of rotatable bonds is 5. The van der Waals surface area contributed by atoms with Gasteiger partial charge in [-0.1, -0.05) is 17.7 Å². The van der Waals surface area contributed by atoms with Crippen LogP contribution in [0.5, 0.6) is 5.75 Å². The molecule has 0 aliphatic carbocycles. The fourth-order valence-electron chi connectivity index (χ4n) is 3.17. The lowest BCUT2D eigenvalue weighted by Crippen LogP contribution is -2.36. The van der Waals surface area contributed by atoms with Crippen molar-refractivity contribution in [1.82, 2.24) is 15.1 Å². The second-order valence-electron chi connectivity index (χ2n) is 6.48. The Morgan fingerprint density at radius 2 is 2.22 bits per heavy atom. The van der Waals surface area contributed by atoms with Gasteiger partial charge in [0.15, 0.2) is 0 Å². The van der Waals surface area contributed by atoms with Crippen molar-refractivity contribution in [3.8, 4) is 5.75 Å². The number of nitrogens with zero attached hydrogens (tertiary/aromatic N) is 2. The van der Waals surface area contributed by atoms with E-state index in [1.807, 2.05) is 13.0 Å². The third kappa shape index (κ3) is 3.50. The molecule has 5 nitrogen and oxygen atoms in total. The topological polar surface area (TPSA) is 51.1 Å². The predicted molar refractivity (Wildman–Crippen MR) is 93.1 cm³/mol. The molecule has 124 valence electrons. The summed E-state index contributed by atoms with van der Waals surface area (Å²) in [6.45, 7) is 9.23. The predicted octanol–water partition coefficient (Wildman–Crippen LogP) is 2.90. The minimum Gasteiger partial charge on any atom is -0.496 e. The summed E-state index contributed by atoms with van der Waals surface area (Å²) >= 11 is 0. The molecule has 0 spiro atoms. The zero-order valence-corrected chi connectivity index (χ0v) is 14.4. The van der Waals surface area contributed by atoms with Gasteiger partial charge in [0, 0.05) is 43.2 Å². The van der Waals surface area contributed by atoms with E-state index in [0.29, 0.717) is 5.92 Å². The van der Waals surface area contributed by atoms with Crippen molar-refractivity contribution in [2.24, 2.45) is 5.92 Å². The van der Waals surface area contributed by atoms with Gasteiger partial charge in [-0.15, -0.1) is 0 Å². The number of ether oxygens (including phenoxy) is 1. The third-order valence-electron chi connectivity index (χ3n) is 4.47. The van der Waals surface area contributed by atoms with Crippen LogP contribution in [0.4, 0.5) is 5.82 Å². The third-order valence-corrected chi connectivity index (χ3v) is 4.47. The van der Waals surface area contributed by atoms with Crippen LogP contribution in [0.25, 0.3) is 0 Å².